The van der Waals surface area contributed by atoms with Crippen LogP contribution in [-0.2, 0) is 20.7 Å². The van der Waals surface area contributed by atoms with Crippen molar-refractivity contribution < 1.29 is 19.1 Å². The Kier molecular flexibility index (Phi) is 5.29. The van der Waals surface area contributed by atoms with Gasteiger partial charge in [-0.05, 0) is 49.9 Å². The fourth-order valence-corrected chi connectivity index (χ4v) is 3.42. The van der Waals surface area contributed by atoms with Crippen molar-refractivity contribution in [1.82, 2.24) is 5.32 Å². The van der Waals surface area contributed by atoms with Crippen molar-refractivity contribution in [2.24, 2.45) is 5.92 Å². The predicted molar refractivity (Wildman–Crippen MR) is 90.1 cm³/mol. The van der Waals surface area contributed by atoms with Crippen molar-refractivity contribution in [1.29, 1.82) is 0 Å². The number of hydrogen-bond acceptors (Lipinski definition) is 4. The summed E-state index contributed by atoms with van der Waals surface area (Å²) in [5, 5.41) is 3.55. The molecular weight excluding hydrogens is 330 g/mol. The molecule has 1 fully saturated rings. The predicted octanol–water partition coefficient (Wildman–Crippen LogP) is 2.88. The van der Waals surface area contributed by atoms with Gasteiger partial charge in [-0.2, -0.15) is 0 Å². The average molecular weight is 352 g/mol. The molecule has 1 amide bonds. The molecule has 6 heteroatoms. The van der Waals surface area contributed by atoms with E-state index in [0.717, 1.165) is 37.0 Å². The molecule has 3 rings (SSSR count). The number of halogens is 1. The standard InChI is InChI=1S/C18H22ClNO4/c1-11(17(21)20-15-4-2-3-5-15)24-18(22)13-8-12-9-14(19)6-7-16(12)23-10-13/h6-7,9,11,13,15H,2-5,8,10H2,1H3,(H,20,21)/t11-,13-/m0/s1. The van der Waals surface area contributed by atoms with Crippen LogP contribution < -0.4 is 10.1 Å². The van der Waals surface area contributed by atoms with Gasteiger partial charge in [-0.25, -0.2) is 0 Å². The van der Waals surface area contributed by atoms with E-state index in [0.29, 0.717) is 11.4 Å². The second-order valence-electron chi connectivity index (χ2n) is 6.53. The summed E-state index contributed by atoms with van der Waals surface area (Å²) in [7, 11) is 0. The molecular formula is C18H22ClNO4. The Hall–Kier alpha value is -1.75. The fraction of sp³-hybridized carbons (Fsp3) is 0.556. The summed E-state index contributed by atoms with van der Waals surface area (Å²) in [6.07, 6.45) is 3.99. The molecule has 0 aromatic heterocycles. The third-order valence-electron chi connectivity index (χ3n) is 4.63. The lowest BCUT2D eigenvalue weighted by molar-refractivity contribution is -0.160. The van der Waals surface area contributed by atoms with Gasteiger partial charge in [0.25, 0.3) is 5.91 Å². The van der Waals surface area contributed by atoms with Gasteiger partial charge < -0.3 is 14.8 Å². The lowest BCUT2D eigenvalue weighted by Crippen LogP contribution is -2.42. The summed E-state index contributed by atoms with van der Waals surface area (Å²) in [6.45, 7) is 1.86. The second-order valence-corrected chi connectivity index (χ2v) is 6.97. The number of carbonyl (C=O) groups excluding carboxylic acids is 2. The number of amides is 1. The van der Waals surface area contributed by atoms with E-state index in [1.54, 1.807) is 25.1 Å². The first kappa shape index (κ1) is 17.1. The molecule has 0 radical (unpaired) electrons. The summed E-state index contributed by atoms with van der Waals surface area (Å²) < 4.78 is 10.9. The topological polar surface area (TPSA) is 64.6 Å². The molecule has 1 heterocycles. The molecule has 5 nitrogen and oxygen atoms in total. The lowest BCUT2D eigenvalue weighted by Gasteiger charge is -2.25. The number of fused-ring (bicyclic) bond motifs is 1. The minimum absolute atomic E-state index is 0.214. The molecule has 1 aromatic rings. The molecule has 1 saturated carbocycles. The van der Waals surface area contributed by atoms with Crippen molar-refractivity contribution >= 4 is 23.5 Å². The molecule has 2 aliphatic rings. The van der Waals surface area contributed by atoms with Gasteiger partial charge in [0.2, 0.25) is 0 Å². The van der Waals surface area contributed by atoms with E-state index in [9.17, 15) is 9.59 Å². The van der Waals surface area contributed by atoms with Crippen LogP contribution in [0.2, 0.25) is 5.02 Å². The minimum atomic E-state index is -0.793. The Morgan fingerprint density at radius 1 is 1.33 bits per heavy atom. The Labute approximate surface area is 146 Å². The van der Waals surface area contributed by atoms with Crippen LogP contribution in [0.15, 0.2) is 18.2 Å². The van der Waals surface area contributed by atoms with Gasteiger partial charge in [0.1, 0.15) is 12.4 Å². The van der Waals surface area contributed by atoms with Crippen molar-refractivity contribution in [3.05, 3.63) is 28.8 Å². The maximum absolute atomic E-state index is 12.3. The summed E-state index contributed by atoms with van der Waals surface area (Å²) in [4.78, 5) is 24.5. The Morgan fingerprint density at radius 2 is 2.08 bits per heavy atom. The number of nitrogens with one attached hydrogen (secondary N) is 1. The van der Waals surface area contributed by atoms with Crippen LogP contribution in [0.5, 0.6) is 5.75 Å². The molecule has 1 aliphatic carbocycles. The van der Waals surface area contributed by atoms with Gasteiger partial charge >= 0.3 is 5.97 Å². The summed E-state index contributed by atoms with van der Waals surface area (Å²) >= 11 is 5.99. The van der Waals surface area contributed by atoms with Gasteiger partial charge in [0.05, 0.1) is 5.92 Å². The summed E-state index contributed by atoms with van der Waals surface area (Å²) in [5.41, 5.74) is 0.888. The highest BCUT2D eigenvalue weighted by Crippen LogP contribution is 2.30. The number of ether oxygens (including phenoxy) is 2. The number of rotatable bonds is 4. The molecule has 0 saturated heterocycles. The van der Waals surface area contributed by atoms with Crippen LogP contribution in [0, 0.1) is 5.92 Å². The third-order valence-corrected chi connectivity index (χ3v) is 4.86. The van der Waals surface area contributed by atoms with E-state index in [1.807, 2.05) is 0 Å². The van der Waals surface area contributed by atoms with E-state index < -0.39 is 18.0 Å². The lowest BCUT2D eigenvalue weighted by atomic mass is 9.97. The molecule has 130 valence electrons. The van der Waals surface area contributed by atoms with E-state index in [1.165, 1.54) is 0 Å². The van der Waals surface area contributed by atoms with Crippen LogP contribution >= 0.6 is 11.6 Å². The Bertz CT molecular complexity index is 627. The fourth-order valence-electron chi connectivity index (χ4n) is 3.23. The molecule has 2 atom stereocenters. The largest absolute Gasteiger partial charge is 0.492 e. The van der Waals surface area contributed by atoms with E-state index >= 15 is 0 Å². The van der Waals surface area contributed by atoms with Crippen molar-refractivity contribution in [2.45, 2.75) is 51.2 Å². The zero-order valence-electron chi connectivity index (χ0n) is 13.7. The smallest absolute Gasteiger partial charge is 0.313 e. The molecule has 1 aliphatic heterocycles. The number of esters is 1. The van der Waals surface area contributed by atoms with Gasteiger partial charge in [-0.3, -0.25) is 9.59 Å². The molecule has 0 bridgehead atoms. The zero-order valence-corrected chi connectivity index (χ0v) is 14.5. The molecule has 1 aromatic carbocycles. The first-order valence-electron chi connectivity index (χ1n) is 8.45. The number of hydrogen-bond donors (Lipinski definition) is 1. The quantitative estimate of drug-likeness (QED) is 0.847. The molecule has 0 spiro atoms. The van der Waals surface area contributed by atoms with E-state index in [4.69, 9.17) is 21.1 Å². The monoisotopic (exact) mass is 351 g/mol. The average Bonchev–Trinajstić information content (AvgIpc) is 3.06. The number of benzene rings is 1. The van der Waals surface area contributed by atoms with Crippen molar-refractivity contribution in [3.63, 3.8) is 0 Å². The Morgan fingerprint density at radius 3 is 2.83 bits per heavy atom. The highest BCUT2D eigenvalue weighted by Gasteiger charge is 2.30. The van der Waals surface area contributed by atoms with Gasteiger partial charge in [0.15, 0.2) is 6.10 Å². The highest BCUT2D eigenvalue weighted by atomic mass is 35.5. The van der Waals surface area contributed by atoms with Gasteiger partial charge in [-0.1, -0.05) is 24.4 Å². The SMILES string of the molecule is C[C@H](OC(=O)[C@@H]1COc2ccc(Cl)cc2C1)C(=O)NC1CCCC1. The summed E-state index contributed by atoms with van der Waals surface area (Å²) in [5.74, 6) is -0.307. The normalized spacial score (nSPS) is 21.5. The number of carbonyl (C=O) groups is 2. The maximum Gasteiger partial charge on any atom is 0.313 e. The maximum atomic E-state index is 12.3. The van der Waals surface area contributed by atoms with E-state index in [2.05, 4.69) is 5.32 Å². The van der Waals surface area contributed by atoms with Crippen molar-refractivity contribution in [3.8, 4) is 5.75 Å². The summed E-state index contributed by atoms with van der Waals surface area (Å²) in [6, 6.07) is 5.57. The first-order valence-corrected chi connectivity index (χ1v) is 8.83. The minimum Gasteiger partial charge on any atom is -0.492 e. The second kappa shape index (κ2) is 7.43. The van der Waals surface area contributed by atoms with Crippen LogP contribution in [0.4, 0.5) is 0 Å². The van der Waals surface area contributed by atoms with E-state index in [-0.39, 0.29) is 18.6 Å². The zero-order chi connectivity index (χ0) is 17.1. The third kappa shape index (κ3) is 4.01. The highest BCUT2D eigenvalue weighted by molar-refractivity contribution is 6.30. The van der Waals surface area contributed by atoms with Gasteiger partial charge in [-0.15, -0.1) is 0 Å². The van der Waals surface area contributed by atoms with Crippen molar-refractivity contribution in [2.75, 3.05) is 6.61 Å². The molecule has 0 unspecified atom stereocenters. The van der Waals surface area contributed by atoms with Crippen LogP contribution in [0.3, 0.4) is 0 Å². The van der Waals surface area contributed by atoms with Gasteiger partial charge in [0, 0.05) is 11.1 Å². The Balaban J connectivity index is 1.54. The van der Waals surface area contributed by atoms with Crippen LogP contribution in [0.1, 0.15) is 38.2 Å². The first-order chi connectivity index (χ1) is 11.5. The molecule has 1 N–H and O–H groups in total. The van der Waals surface area contributed by atoms with Crippen LogP contribution in [-0.4, -0.2) is 30.6 Å². The van der Waals surface area contributed by atoms with Crippen LogP contribution in [0.25, 0.3) is 0 Å². The molecule has 24 heavy (non-hydrogen) atoms.